The maximum Gasteiger partial charge on any atom is 0.284 e. The molecule has 1 fully saturated rings. The van der Waals surface area contributed by atoms with Crippen molar-refractivity contribution >= 4 is 27.5 Å². The first-order valence-corrected chi connectivity index (χ1v) is 11.1. The maximum absolute atomic E-state index is 12.8. The monoisotopic (exact) mass is 438 g/mol. The van der Waals surface area contributed by atoms with E-state index >= 15 is 0 Å². The Bertz CT molecular complexity index is 1040. The van der Waals surface area contributed by atoms with Gasteiger partial charge < -0.3 is 14.2 Å². The number of nitro groups is 1. The summed E-state index contributed by atoms with van der Waals surface area (Å²) in [6.07, 6.45) is 0. The highest BCUT2D eigenvalue weighted by Crippen LogP contribution is 2.40. The molecule has 0 aromatic heterocycles. The number of sulfonamides is 1. The molecule has 154 valence electrons. The summed E-state index contributed by atoms with van der Waals surface area (Å²) in [6, 6.07) is 9.26. The van der Waals surface area contributed by atoms with Crippen LogP contribution in [0.15, 0.2) is 51.1 Å². The number of rotatable bonds is 5. The van der Waals surface area contributed by atoms with Gasteiger partial charge in [0, 0.05) is 24.1 Å². The highest BCUT2D eigenvalue weighted by molar-refractivity contribution is 7.99. The van der Waals surface area contributed by atoms with E-state index in [4.69, 9.17) is 14.2 Å². The zero-order chi connectivity index (χ0) is 20.4. The minimum Gasteiger partial charge on any atom is -0.486 e. The Morgan fingerprint density at radius 2 is 1.69 bits per heavy atom. The molecule has 4 rings (SSSR count). The van der Waals surface area contributed by atoms with Crippen molar-refractivity contribution in [3.05, 3.63) is 46.5 Å². The number of ether oxygens (including phenoxy) is 3. The largest absolute Gasteiger partial charge is 0.486 e. The number of hydrogen-bond donors (Lipinski definition) is 0. The van der Waals surface area contributed by atoms with Gasteiger partial charge in [0.15, 0.2) is 11.5 Å². The Morgan fingerprint density at radius 1 is 0.966 bits per heavy atom. The summed E-state index contributed by atoms with van der Waals surface area (Å²) < 4.78 is 43.1. The molecular weight excluding hydrogens is 420 g/mol. The predicted octanol–water partition coefficient (Wildman–Crippen LogP) is 2.54. The number of nitrogens with zero attached hydrogens (tertiary/aromatic N) is 2. The lowest BCUT2D eigenvalue weighted by Gasteiger charge is -2.26. The van der Waals surface area contributed by atoms with Crippen LogP contribution in [0, 0.1) is 10.1 Å². The molecule has 2 aromatic carbocycles. The van der Waals surface area contributed by atoms with Crippen molar-refractivity contribution in [3.8, 4) is 11.5 Å². The zero-order valence-electron chi connectivity index (χ0n) is 15.3. The van der Waals surface area contributed by atoms with Crippen molar-refractivity contribution in [3.63, 3.8) is 0 Å². The van der Waals surface area contributed by atoms with Crippen molar-refractivity contribution in [1.82, 2.24) is 4.31 Å². The van der Waals surface area contributed by atoms with Gasteiger partial charge in [0.1, 0.15) is 13.2 Å². The van der Waals surface area contributed by atoms with Crippen LogP contribution in [-0.4, -0.2) is 57.2 Å². The highest BCUT2D eigenvalue weighted by atomic mass is 32.2. The van der Waals surface area contributed by atoms with Crippen LogP contribution >= 0.6 is 11.8 Å². The van der Waals surface area contributed by atoms with E-state index in [1.807, 2.05) is 0 Å². The van der Waals surface area contributed by atoms with E-state index < -0.39 is 14.9 Å². The quantitative estimate of drug-likeness (QED) is 0.518. The Kier molecular flexibility index (Phi) is 5.63. The van der Waals surface area contributed by atoms with Crippen molar-refractivity contribution in [2.45, 2.75) is 14.7 Å². The molecule has 0 radical (unpaired) electrons. The van der Waals surface area contributed by atoms with E-state index in [-0.39, 0.29) is 23.7 Å². The molecule has 0 aliphatic carbocycles. The average molecular weight is 438 g/mol. The van der Waals surface area contributed by atoms with Crippen LogP contribution in [0.1, 0.15) is 0 Å². The smallest absolute Gasteiger partial charge is 0.284 e. The average Bonchev–Trinajstić information content (AvgIpc) is 2.74. The topological polar surface area (TPSA) is 108 Å². The van der Waals surface area contributed by atoms with Gasteiger partial charge in [-0.15, -0.1) is 0 Å². The van der Waals surface area contributed by atoms with Crippen LogP contribution in [0.3, 0.4) is 0 Å². The van der Waals surface area contributed by atoms with Crippen molar-refractivity contribution in [2.75, 3.05) is 39.5 Å². The SMILES string of the molecule is O=[N+]([O-])c1cc(S(=O)(=O)N2CCOCC2)ccc1Sc1ccc2c(c1)OCCO2. The van der Waals surface area contributed by atoms with Crippen molar-refractivity contribution in [1.29, 1.82) is 0 Å². The van der Waals surface area contributed by atoms with Gasteiger partial charge in [-0.1, -0.05) is 11.8 Å². The first-order valence-electron chi connectivity index (χ1n) is 8.89. The second-order valence-electron chi connectivity index (χ2n) is 6.31. The summed E-state index contributed by atoms with van der Waals surface area (Å²) in [5, 5.41) is 11.6. The number of benzene rings is 2. The molecule has 11 heteroatoms. The fourth-order valence-corrected chi connectivity index (χ4v) is 5.40. The van der Waals surface area contributed by atoms with Crippen molar-refractivity contribution in [2.24, 2.45) is 0 Å². The Balaban J connectivity index is 1.64. The minimum absolute atomic E-state index is 0.0994. The molecule has 2 heterocycles. The standard InChI is InChI=1S/C18H18N2O7S2/c21-20(22)15-12-14(29(23,24)19-5-7-25-8-6-19)2-4-18(15)28-13-1-3-16-17(11-13)27-10-9-26-16/h1-4,11-12H,5-10H2. The van der Waals surface area contributed by atoms with Crippen LogP contribution in [-0.2, 0) is 14.8 Å². The summed E-state index contributed by atoms with van der Waals surface area (Å²) in [5.41, 5.74) is -0.265. The van der Waals surface area contributed by atoms with E-state index in [9.17, 15) is 18.5 Å². The van der Waals surface area contributed by atoms with Crippen LogP contribution in [0.4, 0.5) is 5.69 Å². The summed E-state index contributed by atoms with van der Waals surface area (Å²) >= 11 is 1.16. The van der Waals surface area contributed by atoms with E-state index in [0.29, 0.717) is 42.8 Å². The number of fused-ring (bicyclic) bond motifs is 1. The Labute approximate surface area is 171 Å². The molecule has 0 N–H and O–H groups in total. The van der Waals surface area contributed by atoms with Gasteiger partial charge >= 0.3 is 0 Å². The lowest BCUT2D eigenvalue weighted by atomic mass is 10.3. The van der Waals surface area contributed by atoms with E-state index in [1.54, 1.807) is 18.2 Å². The number of nitro benzene ring substituents is 1. The zero-order valence-corrected chi connectivity index (χ0v) is 16.9. The molecule has 2 aliphatic rings. The van der Waals surface area contributed by atoms with Crippen LogP contribution < -0.4 is 9.47 Å². The van der Waals surface area contributed by atoms with Gasteiger partial charge in [0.2, 0.25) is 10.0 Å². The molecule has 0 saturated carbocycles. The van der Waals surface area contributed by atoms with E-state index in [1.165, 1.54) is 16.4 Å². The van der Waals surface area contributed by atoms with Gasteiger partial charge in [0.25, 0.3) is 5.69 Å². The molecule has 0 bridgehead atoms. The fraction of sp³-hybridized carbons (Fsp3) is 0.333. The summed E-state index contributed by atoms with van der Waals surface area (Å²) in [6.45, 7) is 1.98. The molecule has 0 amide bonds. The second kappa shape index (κ2) is 8.19. The third-order valence-electron chi connectivity index (χ3n) is 4.48. The molecule has 0 unspecified atom stereocenters. The predicted molar refractivity (Wildman–Crippen MR) is 104 cm³/mol. The minimum atomic E-state index is -3.82. The lowest BCUT2D eigenvalue weighted by molar-refractivity contribution is -0.388. The van der Waals surface area contributed by atoms with E-state index in [0.717, 1.165) is 22.7 Å². The highest BCUT2D eigenvalue weighted by Gasteiger charge is 2.29. The van der Waals surface area contributed by atoms with Crippen LogP contribution in [0.5, 0.6) is 11.5 Å². The maximum atomic E-state index is 12.8. The summed E-state index contributed by atoms with van der Waals surface area (Å²) in [4.78, 5) is 12.0. The molecule has 0 atom stereocenters. The third kappa shape index (κ3) is 4.17. The molecule has 29 heavy (non-hydrogen) atoms. The normalized spacial score (nSPS) is 17.1. The summed E-state index contributed by atoms with van der Waals surface area (Å²) in [5.74, 6) is 1.21. The van der Waals surface area contributed by atoms with Gasteiger partial charge in [-0.05, 0) is 30.3 Å². The van der Waals surface area contributed by atoms with Crippen molar-refractivity contribution < 1.29 is 27.6 Å². The van der Waals surface area contributed by atoms with Gasteiger partial charge in [0.05, 0.1) is 27.9 Å². The first-order chi connectivity index (χ1) is 13.9. The Hall–Kier alpha value is -2.34. The van der Waals surface area contributed by atoms with Gasteiger partial charge in [-0.2, -0.15) is 4.31 Å². The van der Waals surface area contributed by atoms with Crippen LogP contribution in [0.25, 0.3) is 0 Å². The Morgan fingerprint density at radius 3 is 2.41 bits per heavy atom. The molecule has 9 nitrogen and oxygen atoms in total. The number of morpholine rings is 1. The summed E-state index contributed by atoms with van der Waals surface area (Å²) in [7, 11) is -3.82. The third-order valence-corrected chi connectivity index (χ3v) is 7.43. The molecule has 0 spiro atoms. The lowest BCUT2D eigenvalue weighted by Crippen LogP contribution is -2.40. The van der Waals surface area contributed by atoms with Crippen LogP contribution in [0.2, 0.25) is 0 Å². The molecule has 2 aliphatic heterocycles. The second-order valence-corrected chi connectivity index (χ2v) is 9.36. The fourth-order valence-electron chi connectivity index (χ4n) is 3.04. The molecular formula is C18H18N2O7S2. The van der Waals surface area contributed by atoms with Gasteiger partial charge in [-0.25, -0.2) is 8.42 Å². The molecule has 2 aromatic rings. The number of hydrogen-bond acceptors (Lipinski definition) is 8. The molecule has 1 saturated heterocycles. The van der Waals surface area contributed by atoms with Gasteiger partial charge in [-0.3, -0.25) is 10.1 Å². The first kappa shape index (κ1) is 20.0. The van der Waals surface area contributed by atoms with E-state index in [2.05, 4.69) is 0 Å².